The summed E-state index contributed by atoms with van der Waals surface area (Å²) in [4.78, 5) is 11.3. The Kier molecular flexibility index (Phi) is 0.402. The Hall–Kier alpha value is -1.13. The van der Waals surface area contributed by atoms with Crippen LogP contribution in [0.1, 0.15) is 0 Å². The van der Waals surface area contributed by atoms with Gasteiger partial charge in [-0.25, -0.2) is 4.79 Å². The van der Waals surface area contributed by atoms with E-state index in [2.05, 4.69) is 0 Å². The van der Waals surface area contributed by atoms with Gasteiger partial charge in [-0.15, -0.1) is 0 Å². The van der Waals surface area contributed by atoms with Crippen molar-refractivity contribution < 1.29 is 5.21 Å². The molecular weight excluding hydrogens is 110 g/mol. The van der Waals surface area contributed by atoms with Crippen molar-refractivity contribution in [1.82, 2.24) is 14.3 Å². The van der Waals surface area contributed by atoms with Gasteiger partial charge in [0.25, 0.3) is 0 Å². The summed E-state index contributed by atoms with van der Waals surface area (Å²) in [6, 6.07) is 0. The van der Waals surface area contributed by atoms with Crippen molar-refractivity contribution >= 4 is 0 Å². The molecular formula is C3H5N3O2. The number of rotatable bonds is 0. The molecule has 5 heteroatoms. The van der Waals surface area contributed by atoms with Gasteiger partial charge >= 0.3 is 5.69 Å². The zero-order chi connectivity index (χ0) is 5.72. The molecule has 1 aromatic rings. The van der Waals surface area contributed by atoms with Crippen LogP contribution in [0.25, 0.3) is 0 Å². The van der Waals surface area contributed by atoms with Crippen LogP contribution in [0.3, 0.4) is 0 Å². The van der Waals surface area contributed by atoms with Crippen LogP contribution in [-0.4, -0.2) is 19.5 Å². The molecule has 0 fully saturated rings. The minimum Gasteiger partial charge on any atom is -0.399 e. The van der Waals surface area contributed by atoms with Crippen LogP contribution < -0.4 is 5.69 Å². The predicted molar refractivity (Wildman–Crippen MR) is 23.9 cm³/mol. The Morgan fingerprint density at radius 3 is 2.00 bits per heavy atom. The molecule has 0 aliphatic carbocycles. The van der Waals surface area contributed by atoms with Crippen molar-refractivity contribution in [3.63, 3.8) is 0 Å². The molecule has 3 rings (SSSR count). The van der Waals surface area contributed by atoms with Crippen LogP contribution in [0.2, 0.25) is 0 Å². The van der Waals surface area contributed by atoms with Crippen LogP contribution in [0, 0.1) is 0 Å². The van der Waals surface area contributed by atoms with Gasteiger partial charge in [0, 0.05) is 0 Å². The second kappa shape index (κ2) is 0.841. The number of aromatic nitrogens is 3. The third-order valence-corrected chi connectivity index (χ3v) is 1.40. The van der Waals surface area contributed by atoms with Crippen LogP contribution >= 0.6 is 0 Å². The minimum absolute atomic E-state index is 0.104. The smallest absolute Gasteiger partial charge is 0.365 e. The molecule has 0 atom stereocenters. The molecule has 0 saturated heterocycles. The fourth-order valence-electron chi connectivity index (χ4n) is 0.939. The topological polar surface area (TPSA) is 52.1 Å². The van der Waals surface area contributed by atoms with Crippen LogP contribution in [0.15, 0.2) is 4.79 Å². The Balaban J connectivity index is 2.78. The van der Waals surface area contributed by atoms with Crippen LogP contribution in [0.4, 0.5) is 0 Å². The second-order valence-electron chi connectivity index (χ2n) is 1.80. The largest absolute Gasteiger partial charge is 0.399 e. The normalized spacial score (nSPS) is 15.5. The lowest BCUT2D eigenvalue weighted by Crippen LogP contribution is -2.41. The number of hydrogen-bond donors (Lipinski definition) is 1. The Morgan fingerprint density at radius 2 is 1.88 bits per heavy atom. The Bertz CT molecular complexity index is 242. The first-order valence-electron chi connectivity index (χ1n) is 2.38. The lowest BCUT2D eigenvalue weighted by atomic mass is 10.7. The van der Waals surface area contributed by atoms with Gasteiger partial charge in [-0.3, -0.25) is 0 Å². The van der Waals surface area contributed by atoms with E-state index in [-0.39, 0.29) is 5.69 Å². The van der Waals surface area contributed by atoms with E-state index >= 15 is 0 Å². The summed E-state index contributed by atoms with van der Waals surface area (Å²) >= 11 is 0. The predicted octanol–water partition coefficient (Wildman–Crippen LogP) is -1.30. The highest BCUT2D eigenvalue weighted by atomic mass is 16.5. The molecule has 1 N–H and O–H groups in total. The van der Waals surface area contributed by atoms with Crippen LogP contribution in [0.5, 0.6) is 0 Å². The van der Waals surface area contributed by atoms with Crippen molar-refractivity contribution in [1.29, 1.82) is 0 Å². The number of hydrogen-bond acceptors (Lipinski definition) is 2. The van der Waals surface area contributed by atoms with Gasteiger partial charge in [0.2, 0.25) is 0 Å². The van der Waals surface area contributed by atoms with E-state index in [4.69, 9.17) is 5.21 Å². The molecule has 0 saturated carbocycles. The first-order valence-corrected chi connectivity index (χ1v) is 2.38. The SMILES string of the molecule is O=c1n2n(O)n1CC2. The van der Waals surface area contributed by atoms with E-state index in [1.165, 1.54) is 9.36 Å². The first-order chi connectivity index (χ1) is 3.80. The van der Waals surface area contributed by atoms with E-state index in [0.717, 1.165) is 4.96 Å². The molecule has 3 heterocycles. The van der Waals surface area contributed by atoms with Gasteiger partial charge in [0.05, 0.1) is 13.1 Å². The molecule has 0 spiro atoms. The van der Waals surface area contributed by atoms with E-state index < -0.39 is 0 Å². The average Bonchev–Trinajstić information content (AvgIpc) is 2.26. The molecule has 8 heavy (non-hydrogen) atoms. The minimum atomic E-state index is -0.104. The maximum atomic E-state index is 10.5. The second-order valence-corrected chi connectivity index (χ2v) is 1.80. The van der Waals surface area contributed by atoms with E-state index in [1.54, 1.807) is 0 Å². The zero-order valence-electron chi connectivity index (χ0n) is 4.11. The summed E-state index contributed by atoms with van der Waals surface area (Å²) in [6.45, 7) is 1.24. The Labute approximate surface area is 44.3 Å². The summed E-state index contributed by atoms with van der Waals surface area (Å²) in [6.07, 6.45) is 0. The van der Waals surface area contributed by atoms with Gasteiger partial charge in [-0.05, 0) is 4.96 Å². The van der Waals surface area contributed by atoms with Gasteiger partial charge in [0.15, 0.2) is 0 Å². The summed E-state index contributed by atoms with van der Waals surface area (Å²) < 4.78 is 2.53. The van der Waals surface area contributed by atoms with Crippen LogP contribution in [-0.2, 0) is 13.1 Å². The molecule has 2 aliphatic rings. The molecule has 0 radical (unpaired) electrons. The van der Waals surface area contributed by atoms with Crippen molar-refractivity contribution in [3.8, 4) is 0 Å². The highest BCUT2D eigenvalue weighted by Gasteiger charge is 2.22. The number of fused-ring (bicyclic) bond motifs is 1. The third kappa shape index (κ3) is 0.185. The van der Waals surface area contributed by atoms with Crippen molar-refractivity contribution in [2.24, 2.45) is 0 Å². The zero-order valence-corrected chi connectivity index (χ0v) is 4.11. The summed E-state index contributed by atoms with van der Waals surface area (Å²) in [5.41, 5.74) is -0.104. The van der Waals surface area contributed by atoms with Crippen molar-refractivity contribution in [2.45, 2.75) is 13.1 Å². The highest BCUT2D eigenvalue weighted by molar-refractivity contribution is 4.70. The lowest BCUT2D eigenvalue weighted by molar-refractivity contribution is 0.0250. The van der Waals surface area contributed by atoms with Gasteiger partial charge in [-0.2, -0.15) is 9.36 Å². The molecule has 1 aromatic heterocycles. The van der Waals surface area contributed by atoms with E-state index in [1.807, 2.05) is 0 Å². The first kappa shape index (κ1) is 3.82. The standard InChI is InChI=1S/C3H5N3O2/c7-3-4-1-2-5(3)6(4)8/h8H,1-2H2. The quantitative estimate of drug-likeness (QED) is 0.427. The van der Waals surface area contributed by atoms with Gasteiger partial charge in [-0.1, -0.05) is 0 Å². The maximum Gasteiger partial charge on any atom is 0.365 e. The van der Waals surface area contributed by atoms with Gasteiger partial charge < -0.3 is 5.21 Å². The highest BCUT2D eigenvalue weighted by Crippen LogP contribution is 1.95. The molecule has 2 bridgehead atoms. The summed E-state index contributed by atoms with van der Waals surface area (Å²) in [5, 5.41) is 8.68. The fraction of sp³-hybridized carbons (Fsp3) is 0.667. The molecule has 5 nitrogen and oxygen atoms in total. The summed E-state index contributed by atoms with van der Waals surface area (Å²) in [7, 11) is 0. The summed E-state index contributed by atoms with van der Waals surface area (Å²) in [5.74, 6) is 0. The Morgan fingerprint density at radius 1 is 1.38 bits per heavy atom. The molecule has 2 aliphatic heterocycles. The van der Waals surface area contributed by atoms with Crippen molar-refractivity contribution in [2.75, 3.05) is 0 Å². The fourth-order valence-corrected chi connectivity index (χ4v) is 0.939. The molecule has 0 unspecified atom stereocenters. The number of nitrogens with zero attached hydrogens (tertiary/aromatic N) is 3. The molecule has 44 valence electrons. The maximum absolute atomic E-state index is 10.5. The average molecular weight is 115 g/mol. The third-order valence-electron chi connectivity index (χ3n) is 1.40. The van der Waals surface area contributed by atoms with Gasteiger partial charge in [0.1, 0.15) is 0 Å². The van der Waals surface area contributed by atoms with E-state index in [0.29, 0.717) is 13.1 Å². The molecule has 0 amide bonds. The van der Waals surface area contributed by atoms with Crippen molar-refractivity contribution in [3.05, 3.63) is 10.5 Å². The lowest BCUT2D eigenvalue weighted by Gasteiger charge is -2.06. The monoisotopic (exact) mass is 115 g/mol. The molecule has 0 aromatic carbocycles. The van der Waals surface area contributed by atoms with E-state index in [9.17, 15) is 4.79 Å².